The maximum atomic E-state index is 12.3. The molecule has 0 spiro atoms. The highest BCUT2D eigenvalue weighted by atomic mass is 16.1. The van der Waals surface area contributed by atoms with Crippen LogP contribution in [0.25, 0.3) is 0 Å². The minimum Gasteiger partial charge on any atom is -0.303 e. The summed E-state index contributed by atoms with van der Waals surface area (Å²) in [7, 11) is 0. The summed E-state index contributed by atoms with van der Waals surface area (Å²) in [5.41, 5.74) is 1.52. The second-order valence-corrected chi connectivity index (χ2v) is 10.1. The summed E-state index contributed by atoms with van der Waals surface area (Å²) in [6, 6.07) is 0. The first-order valence-electron chi connectivity index (χ1n) is 10.3. The third-order valence-electron chi connectivity index (χ3n) is 8.78. The van der Waals surface area contributed by atoms with E-state index in [0.717, 1.165) is 25.7 Å². The van der Waals surface area contributed by atoms with Crippen LogP contribution in [0.4, 0.5) is 0 Å². The normalized spacial score (nSPS) is 50.1. The molecule has 3 unspecified atom stereocenters. The van der Waals surface area contributed by atoms with Gasteiger partial charge in [-0.15, -0.1) is 0 Å². The number of allylic oxidation sites excluding steroid dienone is 1. The predicted molar refractivity (Wildman–Crippen MR) is 102 cm³/mol. The van der Waals surface area contributed by atoms with E-state index in [-0.39, 0.29) is 22.7 Å². The first-order chi connectivity index (χ1) is 11.8. The van der Waals surface area contributed by atoms with Gasteiger partial charge in [-0.1, -0.05) is 39.3 Å². The molecule has 2 nitrogen and oxygen atoms in total. The lowest BCUT2D eigenvalue weighted by Crippen LogP contribution is -2.51. The van der Waals surface area contributed by atoms with Gasteiger partial charge in [0, 0.05) is 11.8 Å². The molecular weight excluding hydrogens is 308 g/mol. The molecule has 140 valence electrons. The van der Waals surface area contributed by atoms with E-state index >= 15 is 0 Å². The maximum absolute atomic E-state index is 12.3. The fourth-order valence-corrected chi connectivity index (χ4v) is 7.20. The Hall–Kier alpha value is -0.920. The van der Waals surface area contributed by atoms with Crippen molar-refractivity contribution in [2.75, 3.05) is 0 Å². The van der Waals surface area contributed by atoms with Crippen molar-refractivity contribution in [3.63, 3.8) is 0 Å². The Balaban J connectivity index is 1.91. The molecule has 3 rings (SSSR count). The average Bonchev–Trinajstić information content (AvgIpc) is 2.93. The fourth-order valence-electron chi connectivity index (χ4n) is 7.20. The van der Waals surface area contributed by atoms with Gasteiger partial charge in [0.05, 0.1) is 0 Å². The van der Waals surface area contributed by atoms with E-state index < -0.39 is 0 Å². The molecule has 0 heterocycles. The van der Waals surface area contributed by atoms with Crippen molar-refractivity contribution in [1.82, 2.24) is 0 Å². The second kappa shape index (κ2) is 6.67. The van der Waals surface area contributed by atoms with E-state index in [1.807, 2.05) is 0 Å². The van der Waals surface area contributed by atoms with Crippen LogP contribution in [-0.4, -0.2) is 12.6 Å². The van der Waals surface area contributed by atoms with Crippen LogP contribution in [0.2, 0.25) is 0 Å². The van der Waals surface area contributed by atoms with Gasteiger partial charge in [-0.3, -0.25) is 0 Å². The fraction of sp³-hybridized carbons (Fsp3) is 0.826. The summed E-state index contributed by atoms with van der Waals surface area (Å²) in [6.45, 7) is 13.4. The molecule has 3 saturated carbocycles. The summed E-state index contributed by atoms with van der Waals surface area (Å²) in [5.74, 6) is 2.26. The molecule has 0 radical (unpaired) electrons. The van der Waals surface area contributed by atoms with Gasteiger partial charge >= 0.3 is 0 Å². The molecule has 0 N–H and O–H groups in total. The van der Waals surface area contributed by atoms with Gasteiger partial charge in [-0.2, -0.15) is 0 Å². The lowest BCUT2D eigenvalue weighted by Gasteiger charge is -2.55. The standard InChI is InChI=1S/C23H36O2/c1-15(2)19-6-7-20-18(14-25)21(9-11-23(19,20)5)22(4)10-8-16(3)12-17(22)13-24/h13-14,16-21H,1,6-12H2,2-5H3/t16-,17+,18?,19+,20?,21?,22-,23+/m0/s1. The van der Waals surface area contributed by atoms with E-state index in [1.54, 1.807) is 0 Å². The Morgan fingerprint density at radius 2 is 1.60 bits per heavy atom. The molecule has 3 fully saturated rings. The molecule has 0 bridgehead atoms. The Labute approximate surface area is 153 Å². The topological polar surface area (TPSA) is 34.1 Å². The molecule has 0 aliphatic heterocycles. The lowest BCUT2D eigenvalue weighted by molar-refractivity contribution is -0.135. The highest BCUT2D eigenvalue weighted by Crippen LogP contribution is 2.64. The number of carbonyl (C=O) groups is 2. The van der Waals surface area contributed by atoms with Gasteiger partial charge in [-0.05, 0) is 80.0 Å². The van der Waals surface area contributed by atoms with Crippen molar-refractivity contribution in [2.24, 2.45) is 46.3 Å². The van der Waals surface area contributed by atoms with Crippen LogP contribution in [0.3, 0.4) is 0 Å². The summed E-state index contributed by atoms with van der Waals surface area (Å²) in [5, 5.41) is 0. The third-order valence-corrected chi connectivity index (χ3v) is 8.78. The molecule has 0 aromatic rings. The van der Waals surface area contributed by atoms with Crippen LogP contribution in [0.5, 0.6) is 0 Å². The number of rotatable bonds is 4. The van der Waals surface area contributed by atoms with Gasteiger partial charge in [0.25, 0.3) is 0 Å². The van der Waals surface area contributed by atoms with Gasteiger partial charge in [0.15, 0.2) is 0 Å². The van der Waals surface area contributed by atoms with Crippen LogP contribution in [0.1, 0.15) is 72.6 Å². The average molecular weight is 345 g/mol. The molecule has 25 heavy (non-hydrogen) atoms. The zero-order chi connectivity index (χ0) is 18.4. The summed E-state index contributed by atoms with van der Waals surface area (Å²) >= 11 is 0. The monoisotopic (exact) mass is 344 g/mol. The Morgan fingerprint density at radius 1 is 0.960 bits per heavy atom. The van der Waals surface area contributed by atoms with Crippen molar-refractivity contribution < 1.29 is 9.59 Å². The van der Waals surface area contributed by atoms with E-state index in [1.165, 1.54) is 37.4 Å². The van der Waals surface area contributed by atoms with Crippen molar-refractivity contribution >= 4 is 12.6 Å². The minimum atomic E-state index is 0.00246. The van der Waals surface area contributed by atoms with Crippen molar-refractivity contribution in [3.8, 4) is 0 Å². The van der Waals surface area contributed by atoms with E-state index in [0.29, 0.717) is 23.7 Å². The third kappa shape index (κ3) is 2.84. The summed E-state index contributed by atoms with van der Waals surface area (Å²) < 4.78 is 0. The Bertz CT molecular complexity index is 552. The first kappa shape index (κ1) is 18.9. The van der Waals surface area contributed by atoms with Gasteiger partial charge in [0.2, 0.25) is 0 Å². The molecule has 0 aromatic heterocycles. The van der Waals surface area contributed by atoms with Crippen molar-refractivity contribution in [2.45, 2.75) is 72.6 Å². The van der Waals surface area contributed by atoms with Crippen LogP contribution in [0.15, 0.2) is 12.2 Å². The summed E-state index contributed by atoms with van der Waals surface area (Å²) in [4.78, 5) is 24.2. The smallest absolute Gasteiger partial charge is 0.123 e. The second-order valence-electron chi connectivity index (χ2n) is 10.1. The molecule has 8 atom stereocenters. The maximum Gasteiger partial charge on any atom is 0.123 e. The minimum absolute atomic E-state index is 0.00246. The molecule has 0 aromatic carbocycles. The molecule has 2 heteroatoms. The molecular formula is C23H36O2. The van der Waals surface area contributed by atoms with Gasteiger partial charge in [0.1, 0.15) is 12.6 Å². The van der Waals surface area contributed by atoms with Crippen LogP contribution in [0, 0.1) is 46.3 Å². The zero-order valence-electron chi connectivity index (χ0n) is 16.6. The zero-order valence-corrected chi connectivity index (χ0v) is 16.6. The summed E-state index contributed by atoms with van der Waals surface area (Å²) in [6.07, 6.45) is 10.4. The number of carbonyl (C=O) groups excluding carboxylic acids is 2. The largest absolute Gasteiger partial charge is 0.303 e. The SMILES string of the molecule is C=C(C)[C@H]1CCC2C(C=O)C([C@@]3(C)CC[C@H](C)C[C@@H]3C=O)CC[C@@]21C. The van der Waals surface area contributed by atoms with E-state index in [9.17, 15) is 9.59 Å². The molecule has 0 saturated heterocycles. The van der Waals surface area contributed by atoms with Crippen LogP contribution >= 0.6 is 0 Å². The van der Waals surface area contributed by atoms with Gasteiger partial charge in [-0.25, -0.2) is 0 Å². The van der Waals surface area contributed by atoms with Crippen molar-refractivity contribution in [1.29, 1.82) is 0 Å². The van der Waals surface area contributed by atoms with Crippen LogP contribution in [-0.2, 0) is 9.59 Å². The molecule has 3 aliphatic carbocycles. The van der Waals surface area contributed by atoms with E-state index in [4.69, 9.17) is 0 Å². The highest BCUT2D eigenvalue weighted by molar-refractivity contribution is 5.59. The highest BCUT2D eigenvalue weighted by Gasteiger charge is 2.58. The van der Waals surface area contributed by atoms with Crippen LogP contribution < -0.4 is 0 Å². The van der Waals surface area contributed by atoms with Crippen molar-refractivity contribution in [3.05, 3.63) is 12.2 Å². The Kier molecular flexibility index (Phi) is 5.03. The lowest BCUT2D eigenvalue weighted by atomic mass is 9.48. The number of hydrogen-bond acceptors (Lipinski definition) is 2. The number of fused-ring (bicyclic) bond motifs is 1. The van der Waals surface area contributed by atoms with E-state index in [2.05, 4.69) is 34.3 Å². The molecule has 0 amide bonds. The Morgan fingerprint density at radius 3 is 2.20 bits per heavy atom. The quantitative estimate of drug-likeness (QED) is 0.501. The molecule has 3 aliphatic rings. The van der Waals surface area contributed by atoms with Gasteiger partial charge < -0.3 is 9.59 Å². The number of hydrogen-bond donors (Lipinski definition) is 0. The number of aldehydes is 2. The predicted octanol–water partition coefficient (Wildman–Crippen LogP) is 5.46. The first-order valence-corrected chi connectivity index (χ1v) is 10.3.